The molecule has 0 amide bonds. The van der Waals surface area contributed by atoms with Crippen LogP contribution in [0.15, 0.2) is 30.6 Å². The van der Waals surface area contributed by atoms with Gasteiger partial charge in [0.05, 0.1) is 12.1 Å². The van der Waals surface area contributed by atoms with Crippen LogP contribution in [0, 0.1) is 5.92 Å². The van der Waals surface area contributed by atoms with Crippen molar-refractivity contribution in [3.05, 3.63) is 41.2 Å². The number of nitrogens with zero attached hydrogens (tertiary/aromatic N) is 2. The van der Waals surface area contributed by atoms with Crippen LogP contribution in [0.4, 0.5) is 0 Å². The summed E-state index contributed by atoms with van der Waals surface area (Å²) in [5, 5.41) is 4.86. The van der Waals surface area contributed by atoms with Crippen molar-refractivity contribution in [3.63, 3.8) is 0 Å². The molecule has 2 atom stereocenters. The Morgan fingerprint density at radius 1 is 1.48 bits per heavy atom. The van der Waals surface area contributed by atoms with E-state index in [2.05, 4.69) is 5.10 Å². The molecule has 0 radical (unpaired) electrons. The molecule has 2 aromatic rings. The van der Waals surface area contributed by atoms with Gasteiger partial charge < -0.3 is 4.74 Å². The summed E-state index contributed by atoms with van der Waals surface area (Å²) < 4.78 is 7.39. The highest BCUT2D eigenvalue weighted by molar-refractivity contribution is 6.30. The van der Waals surface area contributed by atoms with Crippen LogP contribution in [0.1, 0.15) is 25.8 Å². The average Bonchev–Trinajstić information content (AvgIpc) is 2.94. The van der Waals surface area contributed by atoms with Gasteiger partial charge in [-0.3, -0.25) is 9.48 Å². The number of benzene rings is 1. The van der Waals surface area contributed by atoms with E-state index in [0.29, 0.717) is 11.4 Å². The van der Waals surface area contributed by atoms with E-state index in [1.807, 2.05) is 45.3 Å². The summed E-state index contributed by atoms with van der Waals surface area (Å²) in [5.41, 5.74) is 2.27. The number of carbonyl (C=O) groups excluding carboxylic acids is 1. The molecule has 110 valence electrons. The van der Waals surface area contributed by atoms with Crippen molar-refractivity contribution >= 4 is 17.6 Å². The van der Waals surface area contributed by atoms with Gasteiger partial charge in [-0.2, -0.15) is 5.10 Å². The highest BCUT2D eigenvalue weighted by Gasteiger charge is 2.43. The number of hydrogen-bond acceptors (Lipinski definition) is 3. The maximum absolute atomic E-state index is 11.8. The van der Waals surface area contributed by atoms with E-state index < -0.39 is 5.60 Å². The van der Waals surface area contributed by atoms with Gasteiger partial charge in [-0.05, 0) is 24.6 Å². The van der Waals surface area contributed by atoms with Crippen LogP contribution in [-0.2, 0) is 22.2 Å². The molecule has 3 rings (SSSR count). The Morgan fingerprint density at radius 2 is 2.24 bits per heavy atom. The Kier molecular flexibility index (Phi) is 3.29. The van der Waals surface area contributed by atoms with Crippen LogP contribution in [0.25, 0.3) is 11.1 Å². The second-order valence-corrected chi connectivity index (χ2v) is 6.29. The van der Waals surface area contributed by atoms with E-state index in [1.54, 1.807) is 10.9 Å². The molecule has 1 aromatic carbocycles. The van der Waals surface area contributed by atoms with Crippen LogP contribution in [0.3, 0.4) is 0 Å². The molecular weight excluding hydrogens is 288 g/mol. The van der Waals surface area contributed by atoms with E-state index >= 15 is 0 Å². The van der Waals surface area contributed by atoms with Gasteiger partial charge in [0.15, 0.2) is 0 Å². The van der Waals surface area contributed by atoms with E-state index in [4.69, 9.17) is 16.3 Å². The SMILES string of the molecule is CC1C[C@](C)(c2ccc(Cl)cc2-c2cnn(C)c2)OC1=O. The number of cyclic esters (lactones) is 1. The Hall–Kier alpha value is -1.81. The fraction of sp³-hybridized carbons (Fsp3) is 0.375. The average molecular weight is 305 g/mol. The molecule has 1 aromatic heterocycles. The number of esters is 1. The fourth-order valence-electron chi connectivity index (χ4n) is 2.97. The van der Waals surface area contributed by atoms with Gasteiger partial charge in [0, 0.05) is 35.8 Å². The quantitative estimate of drug-likeness (QED) is 0.797. The number of rotatable bonds is 2. The molecule has 4 nitrogen and oxygen atoms in total. The van der Waals surface area contributed by atoms with Crippen LogP contribution in [0.5, 0.6) is 0 Å². The van der Waals surface area contributed by atoms with Crippen molar-refractivity contribution in [2.45, 2.75) is 25.9 Å². The zero-order valence-electron chi connectivity index (χ0n) is 12.3. The summed E-state index contributed by atoms with van der Waals surface area (Å²) in [6.45, 7) is 3.85. The first-order chi connectivity index (χ1) is 9.89. The van der Waals surface area contributed by atoms with Crippen LogP contribution < -0.4 is 0 Å². The minimum Gasteiger partial charge on any atom is -0.454 e. The second kappa shape index (κ2) is 4.88. The van der Waals surface area contributed by atoms with E-state index in [9.17, 15) is 4.79 Å². The Labute approximate surface area is 128 Å². The molecule has 0 aliphatic carbocycles. The van der Waals surface area contributed by atoms with Gasteiger partial charge in [0.25, 0.3) is 0 Å². The predicted octanol–water partition coefficient (Wildman–Crippen LogP) is 3.54. The standard InChI is InChI=1S/C16H17ClN2O2/c1-10-7-16(2,21-15(10)20)14-5-4-12(17)6-13(14)11-8-18-19(3)9-11/h4-6,8-10H,7H2,1-3H3/t10?,16-/m1/s1. The minimum absolute atomic E-state index is 0.0903. The van der Waals surface area contributed by atoms with E-state index in [-0.39, 0.29) is 11.9 Å². The molecule has 0 bridgehead atoms. The third-order valence-electron chi connectivity index (χ3n) is 3.99. The molecule has 0 saturated carbocycles. The number of carbonyl (C=O) groups is 1. The molecule has 1 fully saturated rings. The summed E-state index contributed by atoms with van der Waals surface area (Å²) in [6.07, 6.45) is 4.39. The third kappa shape index (κ3) is 2.44. The molecule has 1 aliphatic rings. The first kappa shape index (κ1) is 14.1. The van der Waals surface area contributed by atoms with Gasteiger partial charge >= 0.3 is 5.97 Å². The Balaban J connectivity index is 2.13. The normalized spacial score (nSPS) is 25.1. The molecule has 1 unspecified atom stereocenters. The molecule has 1 aliphatic heterocycles. The van der Waals surface area contributed by atoms with Gasteiger partial charge in [-0.1, -0.05) is 24.6 Å². The number of halogens is 1. The number of hydrogen-bond donors (Lipinski definition) is 0. The number of aryl methyl sites for hydroxylation is 1. The van der Waals surface area contributed by atoms with Gasteiger partial charge in [-0.25, -0.2) is 0 Å². The maximum Gasteiger partial charge on any atom is 0.309 e. The van der Waals surface area contributed by atoms with E-state index in [0.717, 1.165) is 16.7 Å². The first-order valence-electron chi connectivity index (χ1n) is 6.91. The lowest BCUT2D eigenvalue weighted by molar-refractivity contribution is -0.149. The highest BCUT2D eigenvalue weighted by Crippen LogP contribution is 2.43. The lowest BCUT2D eigenvalue weighted by atomic mass is 9.85. The van der Waals surface area contributed by atoms with Gasteiger partial charge in [0.1, 0.15) is 5.60 Å². The Bertz CT molecular complexity index is 710. The zero-order valence-corrected chi connectivity index (χ0v) is 13.0. The summed E-state index contributed by atoms with van der Waals surface area (Å²) in [7, 11) is 1.87. The monoisotopic (exact) mass is 304 g/mol. The molecule has 5 heteroatoms. The smallest absolute Gasteiger partial charge is 0.309 e. The summed E-state index contributed by atoms with van der Waals surface area (Å²) >= 11 is 6.15. The molecule has 1 saturated heterocycles. The first-order valence-corrected chi connectivity index (χ1v) is 7.29. The van der Waals surface area contributed by atoms with Gasteiger partial charge in [-0.15, -0.1) is 0 Å². The number of aromatic nitrogens is 2. The largest absolute Gasteiger partial charge is 0.454 e. The van der Waals surface area contributed by atoms with Crippen molar-refractivity contribution < 1.29 is 9.53 Å². The lowest BCUT2D eigenvalue weighted by Crippen LogP contribution is -2.22. The van der Waals surface area contributed by atoms with Gasteiger partial charge in [0.2, 0.25) is 0 Å². The maximum atomic E-state index is 11.8. The molecule has 2 heterocycles. The molecule has 21 heavy (non-hydrogen) atoms. The molecule has 0 spiro atoms. The fourth-order valence-corrected chi connectivity index (χ4v) is 3.15. The van der Waals surface area contributed by atoms with Crippen molar-refractivity contribution in [1.29, 1.82) is 0 Å². The lowest BCUT2D eigenvalue weighted by Gasteiger charge is -2.26. The third-order valence-corrected chi connectivity index (χ3v) is 4.23. The topological polar surface area (TPSA) is 44.1 Å². The zero-order chi connectivity index (χ0) is 15.2. The summed E-state index contributed by atoms with van der Waals surface area (Å²) in [6, 6.07) is 5.67. The minimum atomic E-state index is -0.619. The van der Waals surface area contributed by atoms with Crippen molar-refractivity contribution in [2.24, 2.45) is 13.0 Å². The van der Waals surface area contributed by atoms with Crippen molar-refractivity contribution in [3.8, 4) is 11.1 Å². The van der Waals surface area contributed by atoms with Crippen molar-refractivity contribution in [1.82, 2.24) is 9.78 Å². The summed E-state index contributed by atoms with van der Waals surface area (Å²) in [4.78, 5) is 11.8. The van der Waals surface area contributed by atoms with Crippen molar-refractivity contribution in [2.75, 3.05) is 0 Å². The van der Waals surface area contributed by atoms with Crippen LogP contribution in [0.2, 0.25) is 5.02 Å². The van der Waals surface area contributed by atoms with Crippen LogP contribution in [-0.4, -0.2) is 15.7 Å². The second-order valence-electron chi connectivity index (χ2n) is 5.85. The van der Waals surface area contributed by atoms with E-state index in [1.165, 1.54) is 0 Å². The highest BCUT2D eigenvalue weighted by atomic mass is 35.5. The number of ether oxygens (including phenoxy) is 1. The van der Waals surface area contributed by atoms with Crippen LogP contribution >= 0.6 is 11.6 Å². The predicted molar refractivity (Wildman–Crippen MR) is 80.9 cm³/mol. The summed E-state index contributed by atoms with van der Waals surface area (Å²) in [5.74, 6) is -0.239. The Morgan fingerprint density at radius 3 is 2.81 bits per heavy atom. The molecule has 0 N–H and O–H groups in total. The molecular formula is C16H17ClN2O2.